The van der Waals surface area contributed by atoms with Gasteiger partial charge in [-0.05, 0) is 62.3 Å². The lowest BCUT2D eigenvalue weighted by atomic mass is 9.84. The molecule has 2 N–H and O–H groups in total. The molecule has 2 aromatic rings. The Morgan fingerprint density at radius 2 is 1.86 bits per heavy atom. The fourth-order valence-electron chi connectivity index (χ4n) is 5.75. The molecule has 3 atom stereocenters. The number of carbonyl (C=O) groups excluding carboxylic acids is 2. The van der Waals surface area contributed by atoms with Crippen molar-refractivity contribution in [2.75, 3.05) is 31.6 Å². The number of rotatable bonds is 7. The summed E-state index contributed by atoms with van der Waals surface area (Å²) in [7, 11) is 2.10. The van der Waals surface area contributed by atoms with E-state index in [0.717, 1.165) is 50.1 Å². The molecule has 194 valence electrons. The van der Waals surface area contributed by atoms with Crippen LogP contribution in [0.2, 0.25) is 5.02 Å². The van der Waals surface area contributed by atoms with Crippen molar-refractivity contribution in [2.45, 2.75) is 58.7 Å². The third-order valence-electron chi connectivity index (χ3n) is 7.94. The minimum Gasteiger partial charge on any atom is -0.371 e. The molecule has 2 aliphatic rings. The Morgan fingerprint density at radius 1 is 1.17 bits per heavy atom. The van der Waals surface area contributed by atoms with Gasteiger partial charge in [-0.3, -0.25) is 14.5 Å². The summed E-state index contributed by atoms with van der Waals surface area (Å²) in [5, 5.41) is 6.55. The lowest BCUT2D eigenvalue weighted by molar-refractivity contribution is -0.129. The van der Waals surface area contributed by atoms with E-state index in [1.807, 2.05) is 19.9 Å². The summed E-state index contributed by atoms with van der Waals surface area (Å²) in [6, 6.07) is 14.9. The number of hydrogen-bond acceptors (Lipinski definition) is 4. The zero-order valence-electron chi connectivity index (χ0n) is 21.9. The first-order valence-corrected chi connectivity index (χ1v) is 13.5. The molecule has 0 aliphatic carbocycles. The van der Waals surface area contributed by atoms with Gasteiger partial charge in [0.05, 0.1) is 5.92 Å². The molecule has 2 aromatic carbocycles. The van der Waals surface area contributed by atoms with Crippen molar-refractivity contribution in [1.82, 2.24) is 15.5 Å². The number of piperidine rings is 2. The highest BCUT2D eigenvalue weighted by Gasteiger charge is 2.32. The van der Waals surface area contributed by atoms with Gasteiger partial charge in [-0.15, -0.1) is 0 Å². The van der Waals surface area contributed by atoms with Crippen LogP contribution in [0.1, 0.15) is 54.6 Å². The Balaban J connectivity index is 1.39. The van der Waals surface area contributed by atoms with Crippen LogP contribution in [0.15, 0.2) is 42.5 Å². The van der Waals surface area contributed by atoms with Gasteiger partial charge >= 0.3 is 0 Å². The fraction of sp³-hybridized carbons (Fsp3) is 0.517. The maximum Gasteiger partial charge on any atom is 0.251 e. The third kappa shape index (κ3) is 6.22. The second-order valence-electron chi connectivity index (χ2n) is 10.6. The number of carbonyl (C=O) groups is 2. The van der Waals surface area contributed by atoms with Gasteiger partial charge in [-0.2, -0.15) is 0 Å². The summed E-state index contributed by atoms with van der Waals surface area (Å²) in [5.41, 5.74) is 3.83. The first kappa shape index (κ1) is 26.5. The fourth-order valence-corrected chi connectivity index (χ4v) is 5.96. The highest BCUT2D eigenvalue weighted by Crippen LogP contribution is 2.31. The van der Waals surface area contributed by atoms with Crippen LogP contribution < -0.4 is 15.5 Å². The largest absolute Gasteiger partial charge is 0.371 e. The zero-order chi connectivity index (χ0) is 25.8. The molecule has 0 radical (unpaired) electrons. The van der Waals surface area contributed by atoms with Gasteiger partial charge in [0, 0.05) is 61.6 Å². The van der Waals surface area contributed by atoms with Crippen LogP contribution >= 0.6 is 11.6 Å². The molecule has 6 nitrogen and oxygen atoms in total. The molecule has 4 rings (SSSR count). The highest BCUT2D eigenvalue weighted by molar-refractivity contribution is 6.31. The van der Waals surface area contributed by atoms with Gasteiger partial charge in [0.25, 0.3) is 5.91 Å². The van der Waals surface area contributed by atoms with Crippen molar-refractivity contribution in [3.05, 3.63) is 64.2 Å². The van der Waals surface area contributed by atoms with Crippen molar-refractivity contribution in [3.8, 4) is 0 Å². The summed E-state index contributed by atoms with van der Waals surface area (Å²) in [5.74, 6) is -0.152. The second kappa shape index (κ2) is 11.7. The molecule has 0 aromatic heterocycles. The van der Waals surface area contributed by atoms with Gasteiger partial charge < -0.3 is 15.5 Å². The third-order valence-corrected chi connectivity index (χ3v) is 8.16. The molecule has 2 saturated heterocycles. The van der Waals surface area contributed by atoms with Crippen LogP contribution in [-0.4, -0.2) is 55.5 Å². The number of anilines is 1. The van der Waals surface area contributed by atoms with Crippen molar-refractivity contribution in [2.24, 2.45) is 11.8 Å². The molecular formula is C29H39ClN4O2. The SMILES string of the molecule is Cc1c(C(=O)NCC2C(=O)NC(C)CC2C)cc(Cl)cc1N(C)C1CCN(Cc2ccccc2)CC1. The Morgan fingerprint density at radius 3 is 2.53 bits per heavy atom. The predicted octanol–water partition coefficient (Wildman–Crippen LogP) is 4.64. The van der Waals surface area contributed by atoms with E-state index in [4.69, 9.17) is 11.6 Å². The van der Waals surface area contributed by atoms with Crippen LogP contribution in [0.4, 0.5) is 5.69 Å². The van der Waals surface area contributed by atoms with Crippen LogP contribution in [0.3, 0.4) is 0 Å². The van der Waals surface area contributed by atoms with Gasteiger partial charge in [-0.25, -0.2) is 0 Å². The lowest BCUT2D eigenvalue weighted by Crippen LogP contribution is -2.50. The van der Waals surface area contributed by atoms with Crippen molar-refractivity contribution in [1.29, 1.82) is 0 Å². The molecular weight excluding hydrogens is 472 g/mol. The summed E-state index contributed by atoms with van der Waals surface area (Å²) < 4.78 is 0. The van der Waals surface area contributed by atoms with Crippen LogP contribution in [-0.2, 0) is 11.3 Å². The number of benzene rings is 2. The van der Waals surface area contributed by atoms with E-state index in [0.29, 0.717) is 23.2 Å². The van der Waals surface area contributed by atoms with Gasteiger partial charge in [0.2, 0.25) is 5.91 Å². The van der Waals surface area contributed by atoms with Crippen molar-refractivity contribution < 1.29 is 9.59 Å². The van der Waals surface area contributed by atoms with Gasteiger partial charge in [-0.1, -0.05) is 48.9 Å². The molecule has 2 fully saturated rings. The minimum absolute atomic E-state index is 0.0170. The molecule has 2 amide bonds. The Hall–Kier alpha value is -2.57. The number of halogens is 1. The summed E-state index contributed by atoms with van der Waals surface area (Å²) >= 11 is 6.49. The standard InChI is InChI=1S/C29H39ClN4O2/c1-19-14-20(2)32-29(36)26(19)17-31-28(35)25-15-23(30)16-27(21(25)3)33(4)24-10-12-34(13-11-24)18-22-8-6-5-7-9-22/h5-9,15-16,19-20,24,26H,10-14,17-18H2,1-4H3,(H,31,35)(H,32,36). The van der Waals surface area contributed by atoms with E-state index in [2.05, 4.69) is 64.7 Å². The Kier molecular flexibility index (Phi) is 8.58. The maximum absolute atomic E-state index is 13.2. The summed E-state index contributed by atoms with van der Waals surface area (Å²) in [6.45, 7) is 9.47. The first-order chi connectivity index (χ1) is 17.2. The molecule has 0 bridgehead atoms. The minimum atomic E-state index is -0.215. The van der Waals surface area contributed by atoms with E-state index in [9.17, 15) is 9.59 Å². The number of likely N-dealkylation sites (tertiary alicyclic amines) is 1. The molecule has 2 heterocycles. The average molecular weight is 511 g/mol. The zero-order valence-corrected chi connectivity index (χ0v) is 22.6. The van der Waals surface area contributed by atoms with Gasteiger partial charge in [0.15, 0.2) is 0 Å². The predicted molar refractivity (Wildman–Crippen MR) is 147 cm³/mol. The number of amides is 2. The van der Waals surface area contributed by atoms with Crippen LogP contribution in [0, 0.1) is 18.8 Å². The van der Waals surface area contributed by atoms with E-state index in [1.54, 1.807) is 6.07 Å². The topological polar surface area (TPSA) is 64.7 Å². The van der Waals surface area contributed by atoms with Crippen LogP contribution in [0.5, 0.6) is 0 Å². The first-order valence-electron chi connectivity index (χ1n) is 13.1. The van der Waals surface area contributed by atoms with E-state index in [1.165, 1.54) is 5.56 Å². The maximum atomic E-state index is 13.2. The molecule has 36 heavy (non-hydrogen) atoms. The number of nitrogens with zero attached hydrogens (tertiary/aromatic N) is 2. The number of nitrogens with one attached hydrogen (secondary N) is 2. The molecule has 3 unspecified atom stereocenters. The second-order valence-corrected chi connectivity index (χ2v) is 11.1. The van der Waals surface area contributed by atoms with E-state index in [-0.39, 0.29) is 29.7 Å². The van der Waals surface area contributed by atoms with Gasteiger partial charge in [0.1, 0.15) is 0 Å². The Labute approximate surface area is 220 Å². The monoisotopic (exact) mass is 510 g/mol. The lowest BCUT2D eigenvalue weighted by Gasteiger charge is -2.38. The Bertz CT molecular complexity index is 1070. The number of hydrogen-bond donors (Lipinski definition) is 2. The van der Waals surface area contributed by atoms with Crippen LogP contribution in [0.25, 0.3) is 0 Å². The average Bonchev–Trinajstić information content (AvgIpc) is 2.85. The van der Waals surface area contributed by atoms with E-state index < -0.39 is 0 Å². The summed E-state index contributed by atoms with van der Waals surface area (Å²) in [4.78, 5) is 30.4. The van der Waals surface area contributed by atoms with Crippen molar-refractivity contribution >= 4 is 29.1 Å². The normalized spacial score (nSPS) is 23.2. The molecule has 0 spiro atoms. The summed E-state index contributed by atoms with van der Waals surface area (Å²) in [6.07, 6.45) is 3.04. The molecule has 2 aliphatic heterocycles. The molecule has 0 saturated carbocycles. The highest BCUT2D eigenvalue weighted by atomic mass is 35.5. The van der Waals surface area contributed by atoms with Crippen molar-refractivity contribution in [3.63, 3.8) is 0 Å². The smallest absolute Gasteiger partial charge is 0.251 e. The molecule has 7 heteroatoms. The van der Waals surface area contributed by atoms with E-state index >= 15 is 0 Å². The quantitative estimate of drug-likeness (QED) is 0.569.